The second-order valence-electron chi connectivity index (χ2n) is 5.98. The van der Waals surface area contributed by atoms with Crippen molar-refractivity contribution in [3.05, 3.63) is 16.1 Å². The normalized spacial score (nSPS) is 13.4. The Morgan fingerprint density at radius 1 is 1.43 bits per heavy atom. The van der Waals surface area contributed by atoms with E-state index in [4.69, 9.17) is 9.73 Å². The number of ether oxygens (including phenoxy) is 1. The number of thiazole rings is 1. The maximum atomic E-state index is 5.79. The van der Waals surface area contributed by atoms with Crippen molar-refractivity contribution < 1.29 is 4.74 Å². The van der Waals surface area contributed by atoms with Crippen LogP contribution in [-0.2, 0) is 11.3 Å². The number of rotatable bonds is 9. The lowest BCUT2D eigenvalue weighted by Gasteiger charge is -2.23. The fourth-order valence-corrected chi connectivity index (χ4v) is 2.99. The molecule has 1 aromatic rings. The van der Waals surface area contributed by atoms with Gasteiger partial charge in [-0.05, 0) is 33.1 Å². The molecule has 1 aromatic heterocycles. The first-order valence-electron chi connectivity index (χ1n) is 8.49. The molecule has 0 amide bonds. The average Bonchev–Trinajstić information content (AvgIpc) is 2.90. The molecule has 132 valence electrons. The van der Waals surface area contributed by atoms with Crippen LogP contribution in [0.2, 0.25) is 0 Å². The van der Waals surface area contributed by atoms with Crippen LogP contribution in [0.15, 0.2) is 10.4 Å². The van der Waals surface area contributed by atoms with Gasteiger partial charge in [0, 0.05) is 32.1 Å². The summed E-state index contributed by atoms with van der Waals surface area (Å²) in [6.45, 7) is 13.7. The van der Waals surface area contributed by atoms with Crippen LogP contribution >= 0.6 is 11.3 Å². The van der Waals surface area contributed by atoms with Crippen LogP contribution < -0.4 is 5.32 Å². The first kappa shape index (κ1) is 19.9. The molecule has 0 fully saturated rings. The Kier molecular flexibility index (Phi) is 9.17. The Morgan fingerprint density at radius 2 is 2.17 bits per heavy atom. The van der Waals surface area contributed by atoms with Crippen LogP contribution in [0.5, 0.6) is 0 Å². The van der Waals surface area contributed by atoms with Gasteiger partial charge in [-0.2, -0.15) is 0 Å². The number of hydrogen-bond donors (Lipinski definition) is 1. The SMILES string of the molecule is CCNC(=NCCC(OCC)C(C)C)N(C)Cc1csc(C)n1. The lowest BCUT2D eigenvalue weighted by Crippen LogP contribution is -2.38. The minimum atomic E-state index is 0.276. The number of aryl methyl sites for hydroxylation is 1. The molecule has 0 bridgehead atoms. The van der Waals surface area contributed by atoms with Crippen molar-refractivity contribution in [3.8, 4) is 0 Å². The van der Waals surface area contributed by atoms with Gasteiger partial charge in [0.1, 0.15) is 0 Å². The molecule has 1 atom stereocenters. The Labute approximate surface area is 145 Å². The summed E-state index contributed by atoms with van der Waals surface area (Å²) in [6.07, 6.45) is 1.22. The maximum absolute atomic E-state index is 5.79. The zero-order valence-electron chi connectivity index (χ0n) is 15.4. The van der Waals surface area contributed by atoms with Crippen molar-refractivity contribution in [2.24, 2.45) is 10.9 Å². The van der Waals surface area contributed by atoms with E-state index in [1.54, 1.807) is 11.3 Å². The van der Waals surface area contributed by atoms with E-state index in [9.17, 15) is 0 Å². The van der Waals surface area contributed by atoms with Gasteiger partial charge in [-0.15, -0.1) is 11.3 Å². The van der Waals surface area contributed by atoms with Crippen molar-refractivity contribution >= 4 is 17.3 Å². The van der Waals surface area contributed by atoms with Gasteiger partial charge in [0.2, 0.25) is 0 Å². The minimum absolute atomic E-state index is 0.276. The molecule has 1 N–H and O–H groups in total. The Morgan fingerprint density at radius 3 is 2.70 bits per heavy atom. The van der Waals surface area contributed by atoms with Gasteiger partial charge in [0.15, 0.2) is 5.96 Å². The van der Waals surface area contributed by atoms with E-state index in [-0.39, 0.29) is 6.10 Å². The second-order valence-corrected chi connectivity index (χ2v) is 7.04. The molecular weight excluding hydrogens is 308 g/mol. The number of guanidine groups is 1. The molecule has 23 heavy (non-hydrogen) atoms. The summed E-state index contributed by atoms with van der Waals surface area (Å²) in [4.78, 5) is 11.4. The minimum Gasteiger partial charge on any atom is -0.378 e. The van der Waals surface area contributed by atoms with E-state index in [1.165, 1.54) is 0 Å². The summed E-state index contributed by atoms with van der Waals surface area (Å²) in [6, 6.07) is 0. The van der Waals surface area contributed by atoms with E-state index in [0.29, 0.717) is 5.92 Å². The standard InChI is InChI=1S/C17H32N4OS/c1-7-18-17(19-10-9-16(13(3)4)22-8-2)21(6)11-15-12-23-14(5)20-15/h12-13,16H,7-11H2,1-6H3,(H,18,19). The number of hydrogen-bond acceptors (Lipinski definition) is 4. The maximum Gasteiger partial charge on any atom is 0.194 e. The van der Waals surface area contributed by atoms with E-state index in [1.807, 2.05) is 13.8 Å². The van der Waals surface area contributed by atoms with Crippen LogP contribution in [0.25, 0.3) is 0 Å². The second kappa shape index (κ2) is 10.6. The zero-order chi connectivity index (χ0) is 17.2. The third-order valence-corrected chi connectivity index (χ3v) is 4.38. The van der Waals surface area contributed by atoms with E-state index < -0.39 is 0 Å². The Balaban J connectivity index is 2.60. The lowest BCUT2D eigenvalue weighted by atomic mass is 10.0. The quantitative estimate of drug-likeness (QED) is 0.553. The van der Waals surface area contributed by atoms with Gasteiger partial charge >= 0.3 is 0 Å². The summed E-state index contributed by atoms with van der Waals surface area (Å²) < 4.78 is 5.79. The fraction of sp³-hybridized carbons (Fsp3) is 0.765. The highest BCUT2D eigenvalue weighted by Gasteiger charge is 2.13. The van der Waals surface area contributed by atoms with E-state index in [2.05, 4.69) is 48.4 Å². The highest BCUT2D eigenvalue weighted by atomic mass is 32.1. The first-order chi connectivity index (χ1) is 11.0. The van der Waals surface area contributed by atoms with Crippen LogP contribution in [-0.4, -0.2) is 48.7 Å². The molecule has 0 aliphatic heterocycles. The monoisotopic (exact) mass is 340 g/mol. The number of aromatic nitrogens is 1. The molecule has 1 unspecified atom stereocenters. The van der Waals surface area contributed by atoms with Gasteiger partial charge in [-0.3, -0.25) is 4.99 Å². The molecule has 0 radical (unpaired) electrons. The highest BCUT2D eigenvalue weighted by Crippen LogP contribution is 2.12. The predicted octanol–water partition coefficient (Wildman–Crippen LogP) is 3.30. The average molecular weight is 341 g/mol. The zero-order valence-corrected chi connectivity index (χ0v) is 16.2. The van der Waals surface area contributed by atoms with Crippen molar-refractivity contribution in [3.63, 3.8) is 0 Å². The highest BCUT2D eigenvalue weighted by molar-refractivity contribution is 7.09. The molecule has 1 heterocycles. The number of nitrogens with zero attached hydrogens (tertiary/aromatic N) is 3. The predicted molar refractivity (Wildman–Crippen MR) is 99.2 cm³/mol. The molecule has 0 aromatic carbocycles. The third-order valence-electron chi connectivity index (χ3n) is 3.56. The largest absolute Gasteiger partial charge is 0.378 e. The molecule has 0 aliphatic carbocycles. The number of aliphatic imine (C=N–C) groups is 1. The smallest absolute Gasteiger partial charge is 0.194 e. The van der Waals surface area contributed by atoms with Crippen molar-refractivity contribution in [1.82, 2.24) is 15.2 Å². The van der Waals surface area contributed by atoms with Crippen molar-refractivity contribution in [1.29, 1.82) is 0 Å². The first-order valence-corrected chi connectivity index (χ1v) is 9.37. The van der Waals surface area contributed by atoms with E-state index >= 15 is 0 Å². The molecule has 0 spiro atoms. The molecular formula is C17H32N4OS. The summed E-state index contributed by atoms with van der Waals surface area (Å²) in [5.74, 6) is 1.45. The Hall–Kier alpha value is -1.14. The van der Waals surface area contributed by atoms with Gasteiger partial charge in [0.25, 0.3) is 0 Å². The van der Waals surface area contributed by atoms with E-state index in [0.717, 1.165) is 49.3 Å². The summed E-state index contributed by atoms with van der Waals surface area (Å²) in [5, 5.41) is 6.57. The Bertz CT molecular complexity index is 473. The lowest BCUT2D eigenvalue weighted by molar-refractivity contribution is 0.0266. The summed E-state index contributed by atoms with van der Waals surface area (Å²) in [5.41, 5.74) is 1.09. The van der Waals surface area contributed by atoms with Crippen molar-refractivity contribution in [2.45, 2.75) is 53.7 Å². The molecule has 0 saturated heterocycles. The number of nitrogens with one attached hydrogen (secondary N) is 1. The van der Waals surface area contributed by atoms with Gasteiger partial charge in [0.05, 0.1) is 23.4 Å². The van der Waals surface area contributed by atoms with Gasteiger partial charge in [-0.1, -0.05) is 13.8 Å². The topological polar surface area (TPSA) is 49.8 Å². The van der Waals surface area contributed by atoms with Crippen LogP contribution in [0.4, 0.5) is 0 Å². The molecule has 1 rings (SSSR count). The van der Waals surface area contributed by atoms with Crippen LogP contribution in [0.1, 0.15) is 44.8 Å². The molecule has 0 saturated carbocycles. The van der Waals surface area contributed by atoms with Crippen LogP contribution in [0, 0.1) is 12.8 Å². The van der Waals surface area contributed by atoms with Crippen LogP contribution in [0.3, 0.4) is 0 Å². The summed E-state index contributed by atoms with van der Waals surface area (Å²) in [7, 11) is 2.05. The molecule has 6 heteroatoms. The van der Waals surface area contributed by atoms with Crippen molar-refractivity contribution in [2.75, 3.05) is 26.7 Å². The van der Waals surface area contributed by atoms with Gasteiger partial charge in [-0.25, -0.2) is 4.98 Å². The third kappa shape index (κ3) is 7.31. The molecule has 0 aliphatic rings. The summed E-state index contributed by atoms with van der Waals surface area (Å²) >= 11 is 1.69. The van der Waals surface area contributed by atoms with Gasteiger partial charge < -0.3 is 15.0 Å². The fourth-order valence-electron chi connectivity index (χ4n) is 2.39. The molecule has 5 nitrogen and oxygen atoms in total.